The summed E-state index contributed by atoms with van der Waals surface area (Å²) in [5, 5.41) is 9.57. The number of hydrogen-bond donors (Lipinski definition) is 1. The molecule has 0 aliphatic carbocycles. The Bertz CT molecular complexity index is 502. The minimum absolute atomic E-state index is 0.0689. The summed E-state index contributed by atoms with van der Waals surface area (Å²) in [5.41, 5.74) is 1.20. The molecule has 1 heterocycles. The van der Waals surface area contributed by atoms with Gasteiger partial charge in [0, 0.05) is 18.5 Å². The third-order valence-corrected chi connectivity index (χ3v) is 2.82. The van der Waals surface area contributed by atoms with Gasteiger partial charge in [-0.05, 0) is 36.6 Å². The molecule has 2 rings (SSSR count). The Balaban J connectivity index is 1.77. The molecule has 0 amide bonds. The second-order valence-electron chi connectivity index (χ2n) is 3.93. The highest BCUT2D eigenvalue weighted by molar-refractivity contribution is 6.32. The normalized spacial score (nSPS) is 10.3. The van der Waals surface area contributed by atoms with Crippen molar-refractivity contribution in [2.75, 3.05) is 6.61 Å². The van der Waals surface area contributed by atoms with Crippen LogP contribution in [0, 0.1) is 0 Å². The van der Waals surface area contributed by atoms with Gasteiger partial charge in [-0.1, -0.05) is 17.7 Å². The standard InChI is InChI=1S/C14H14ClNO2/c15-13-9-12(5-6-14(13)17)18-8-2-4-11-3-1-7-16-10-11/h1,3,5-7,9-10,17H,2,4,8H2. The Morgan fingerprint density at radius 3 is 2.89 bits per heavy atom. The number of phenols is 1. The molecule has 0 unspecified atom stereocenters. The molecule has 18 heavy (non-hydrogen) atoms. The SMILES string of the molecule is Oc1ccc(OCCCc2cccnc2)cc1Cl. The van der Waals surface area contributed by atoms with E-state index in [1.807, 2.05) is 18.3 Å². The van der Waals surface area contributed by atoms with Gasteiger partial charge in [-0.25, -0.2) is 0 Å². The summed E-state index contributed by atoms with van der Waals surface area (Å²) in [7, 11) is 0. The number of pyridine rings is 1. The van der Waals surface area contributed by atoms with Gasteiger partial charge in [0.25, 0.3) is 0 Å². The molecule has 1 N–H and O–H groups in total. The summed E-state index contributed by atoms with van der Waals surface area (Å²) in [4.78, 5) is 4.06. The molecule has 0 radical (unpaired) electrons. The molecule has 3 nitrogen and oxygen atoms in total. The molecule has 4 heteroatoms. The van der Waals surface area contributed by atoms with Crippen LogP contribution in [0.2, 0.25) is 5.02 Å². The number of ether oxygens (including phenoxy) is 1. The van der Waals surface area contributed by atoms with E-state index < -0.39 is 0 Å². The molecular formula is C14H14ClNO2. The third kappa shape index (κ3) is 3.64. The lowest BCUT2D eigenvalue weighted by molar-refractivity contribution is 0.310. The quantitative estimate of drug-likeness (QED) is 0.840. The molecule has 1 aromatic carbocycles. The van der Waals surface area contributed by atoms with Crippen LogP contribution >= 0.6 is 11.6 Å². The number of benzene rings is 1. The van der Waals surface area contributed by atoms with Crippen LogP contribution in [0.3, 0.4) is 0 Å². The summed E-state index contributed by atoms with van der Waals surface area (Å²) in [6, 6.07) is 8.81. The van der Waals surface area contributed by atoms with Crippen molar-refractivity contribution in [1.82, 2.24) is 4.98 Å². The first-order valence-electron chi connectivity index (χ1n) is 5.76. The molecule has 2 aromatic rings. The fraction of sp³-hybridized carbons (Fsp3) is 0.214. The van der Waals surface area contributed by atoms with E-state index in [0.717, 1.165) is 12.8 Å². The molecule has 94 valence electrons. The Hall–Kier alpha value is -1.74. The minimum atomic E-state index is 0.0689. The van der Waals surface area contributed by atoms with Gasteiger partial charge in [-0.15, -0.1) is 0 Å². The van der Waals surface area contributed by atoms with Crippen molar-refractivity contribution >= 4 is 11.6 Å². The lowest BCUT2D eigenvalue weighted by Crippen LogP contribution is -1.99. The molecule has 0 fully saturated rings. The van der Waals surface area contributed by atoms with E-state index in [1.165, 1.54) is 11.6 Å². The van der Waals surface area contributed by atoms with Crippen molar-refractivity contribution < 1.29 is 9.84 Å². The molecule has 0 aliphatic heterocycles. The molecule has 0 aliphatic rings. The summed E-state index contributed by atoms with van der Waals surface area (Å²) in [6.07, 6.45) is 5.46. The zero-order chi connectivity index (χ0) is 12.8. The summed E-state index contributed by atoms with van der Waals surface area (Å²) >= 11 is 5.78. The van der Waals surface area contributed by atoms with Gasteiger partial charge in [-0.3, -0.25) is 4.98 Å². The van der Waals surface area contributed by atoms with Crippen LogP contribution in [0.5, 0.6) is 11.5 Å². The van der Waals surface area contributed by atoms with Crippen LogP contribution in [0.4, 0.5) is 0 Å². The highest BCUT2D eigenvalue weighted by atomic mass is 35.5. The molecule has 0 saturated heterocycles. The van der Waals surface area contributed by atoms with Crippen molar-refractivity contribution in [2.24, 2.45) is 0 Å². The van der Waals surface area contributed by atoms with E-state index in [2.05, 4.69) is 4.98 Å². The average molecular weight is 264 g/mol. The number of hydrogen-bond acceptors (Lipinski definition) is 3. The Kier molecular flexibility index (Phi) is 4.42. The highest BCUT2D eigenvalue weighted by Gasteiger charge is 2.00. The average Bonchev–Trinajstić information content (AvgIpc) is 2.40. The third-order valence-electron chi connectivity index (χ3n) is 2.52. The maximum atomic E-state index is 9.27. The maximum Gasteiger partial charge on any atom is 0.134 e. The van der Waals surface area contributed by atoms with Gasteiger partial charge < -0.3 is 9.84 Å². The van der Waals surface area contributed by atoms with E-state index >= 15 is 0 Å². The van der Waals surface area contributed by atoms with Gasteiger partial charge in [0.1, 0.15) is 11.5 Å². The predicted molar refractivity (Wildman–Crippen MR) is 71.2 cm³/mol. The van der Waals surface area contributed by atoms with Crippen molar-refractivity contribution in [3.63, 3.8) is 0 Å². The molecule has 1 aromatic heterocycles. The topological polar surface area (TPSA) is 42.4 Å². The fourth-order valence-electron chi connectivity index (χ4n) is 1.59. The van der Waals surface area contributed by atoms with Crippen molar-refractivity contribution in [1.29, 1.82) is 0 Å². The number of aromatic hydroxyl groups is 1. The first kappa shape index (κ1) is 12.7. The van der Waals surface area contributed by atoms with Crippen LogP contribution in [0.25, 0.3) is 0 Å². The predicted octanol–water partition coefficient (Wildman–Crippen LogP) is 3.45. The van der Waals surface area contributed by atoms with E-state index in [1.54, 1.807) is 18.3 Å². The number of phenolic OH excluding ortho intramolecular Hbond substituents is 1. The van der Waals surface area contributed by atoms with E-state index in [-0.39, 0.29) is 5.75 Å². The van der Waals surface area contributed by atoms with Crippen molar-refractivity contribution in [2.45, 2.75) is 12.8 Å². The van der Waals surface area contributed by atoms with E-state index in [4.69, 9.17) is 16.3 Å². The van der Waals surface area contributed by atoms with Gasteiger partial charge in [0.2, 0.25) is 0 Å². The van der Waals surface area contributed by atoms with Crippen LogP contribution < -0.4 is 4.74 Å². The van der Waals surface area contributed by atoms with Crippen LogP contribution in [0.15, 0.2) is 42.7 Å². The monoisotopic (exact) mass is 263 g/mol. The first-order valence-corrected chi connectivity index (χ1v) is 6.14. The van der Waals surface area contributed by atoms with Crippen LogP contribution in [-0.2, 0) is 6.42 Å². The van der Waals surface area contributed by atoms with Crippen LogP contribution in [0.1, 0.15) is 12.0 Å². The number of aromatic nitrogens is 1. The second-order valence-corrected chi connectivity index (χ2v) is 4.33. The second kappa shape index (κ2) is 6.26. The summed E-state index contributed by atoms with van der Waals surface area (Å²) in [5.74, 6) is 0.739. The van der Waals surface area contributed by atoms with Gasteiger partial charge in [-0.2, -0.15) is 0 Å². The fourth-order valence-corrected chi connectivity index (χ4v) is 1.76. The summed E-state index contributed by atoms with van der Waals surface area (Å²) < 4.78 is 5.55. The number of rotatable bonds is 5. The van der Waals surface area contributed by atoms with Gasteiger partial charge in [0.15, 0.2) is 0 Å². The largest absolute Gasteiger partial charge is 0.506 e. The molecule has 0 bridgehead atoms. The first-order chi connectivity index (χ1) is 8.75. The number of aryl methyl sites for hydroxylation is 1. The number of nitrogens with zero attached hydrogens (tertiary/aromatic N) is 1. The Labute approximate surface area is 111 Å². The lowest BCUT2D eigenvalue weighted by atomic mass is 10.2. The zero-order valence-corrected chi connectivity index (χ0v) is 10.6. The molecular weight excluding hydrogens is 250 g/mol. The molecule has 0 spiro atoms. The number of halogens is 1. The van der Waals surface area contributed by atoms with E-state index in [0.29, 0.717) is 17.4 Å². The van der Waals surface area contributed by atoms with Crippen LogP contribution in [-0.4, -0.2) is 16.7 Å². The maximum absolute atomic E-state index is 9.27. The van der Waals surface area contributed by atoms with Crippen molar-refractivity contribution in [3.05, 3.63) is 53.3 Å². The van der Waals surface area contributed by atoms with Crippen molar-refractivity contribution in [3.8, 4) is 11.5 Å². The summed E-state index contributed by atoms with van der Waals surface area (Å²) in [6.45, 7) is 0.607. The smallest absolute Gasteiger partial charge is 0.134 e. The highest BCUT2D eigenvalue weighted by Crippen LogP contribution is 2.27. The zero-order valence-electron chi connectivity index (χ0n) is 9.84. The van der Waals surface area contributed by atoms with E-state index in [9.17, 15) is 5.11 Å². The molecule has 0 saturated carbocycles. The Morgan fingerprint density at radius 1 is 1.28 bits per heavy atom. The Morgan fingerprint density at radius 2 is 2.17 bits per heavy atom. The van der Waals surface area contributed by atoms with Gasteiger partial charge >= 0.3 is 0 Å². The van der Waals surface area contributed by atoms with Gasteiger partial charge in [0.05, 0.1) is 11.6 Å². The molecule has 0 atom stereocenters. The minimum Gasteiger partial charge on any atom is -0.506 e. The lowest BCUT2D eigenvalue weighted by Gasteiger charge is -2.07.